The predicted molar refractivity (Wildman–Crippen MR) is 182 cm³/mol. The van der Waals surface area contributed by atoms with Crippen molar-refractivity contribution in [1.29, 1.82) is 0 Å². The number of rotatable bonds is 9. The lowest BCUT2D eigenvalue weighted by Gasteiger charge is -2.31. The van der Waals surface area contributed by atoms with Gasteiger partial charge in [-0.15, -0.1) is 0 Å². The molecule has 2 saturated heterocycles. The summed E-state index contributed by atoms with van der Waals surface area (Å²) >= 11 is 0. The Morgan fingerprint density at radius 3 is 2.58 bits per heavy atom. The fourth-order valence-electron chi connectivity index (χ4n) is 6.77. The number of likely N-dealkylation sites (tertiary alicyclic amines) is 1. The van der Waals surface area contributed by atoms with E-state index in [-0.39, 0.29) is 35.7 Å². The van der Waals surface area contributed by atoms with E-state index < -0.39 is 17.8 Å². The predicted octanol–water partition coefficient (Wildman–Crippen LogP) is 5.77. The second-order valence-electron chi connectivity index (χ2n) is 13.1. The van der Waals surface area contributed by atoms with E-state index in [9.17, 15) is 18.0 Å². The average molecular weight is 665 g/mol. The third-order valence-electron chi connectivity index (χ3n) is 9.22. The average Bonchev–Trinajstić information content (AvgIpc) is 3.57. The molecule has 0 aliphatic carbocycles. The number of carbonyl (C=O) groups excluding carboxylic acids is 1. The molecular formula is C34H43F3N10O. The van der Waals surface area contributed by atoms with Gasteiger partial charge in [0, 0.05) is 67.2 Å². The smallest absolute Gasteiger partial charge is 0.351 e. The lowest BCUT2D eigenvalue weighted by molar-refractivity contribution is -0.138. The molecule has 0 bridgehead atoms. The molecule has 11 nitrogen and oxygen atoms in total. The Kier molecular flexibility index (Phi) is 9.85. The highest BCUT2D eigenvalue weighted by Crippen LogP contribution is 2.36. The van der Waals surface area contributed by atoms with Gasteiger partial charge in [0.1, 0.15) is 0 Å². The van der Waals surface area contributed by atoms with Crippen molar-refractivity contribution in [3.05, 3.63) is 59.8 Å². The van der Waals surface area contributed by atoms with Crippen molar-refractivity contribution in [3.8, 4) is 11.3 Å². The number of piperidine rings is 1. The first kappa shape index (κ1) is 33.6. The van der Waals surface area contributed by atoms with Gasteiger partial charge in [-0.2, -0.15) is 18.3 Å². The van der Waals surface area contributed by atoms with Crippen molar-refractivity contribution < 1.29 is 18.0 Å². The van der Waals surface area contributed by atoms with E-state index in [1.807, 2.05) is 32.3 Å². The number of aromatic nitrogens is 4. The number of carbonyl (C=O) groups is 1. The van der Waals surface area contributed by atoms with Crippen LogP contribution in [-0.4, -0.2) is 87.4 Å². The number of halogens is 3. The summed E-state index contributed by atoms with van der Waals surface area (Å²) in [6.45, 7) is 4.98. The third kappa shape index (κ3) is 7.88. The van der Waals surface area contributed by atoms with Crippen LogP contribution in [0.5, 0.6) is 0 Å². The summed E-state index contributed by atoms with van der Waals surface area (Å²) in [4.78, 5) is 26.3. The molecule has 2 fully saturated rings. The summed E-state index contributed by atoms with van der Waals surface area (Å²) in [5, 5.41) is 17.2. The minimum Gasteiger partial charge on any atom is -0.351 e. The van der Waals surface area contributed by atoms with Gasteiger partial charge in [-0.3, -0.25) is 14.9 Å². The van der Waals surface area contributed by atoms with Gasteiger partial charge in [0.05, 0.1) is 16.8 Å². The molecule has 48 heavy (non-hydrogen) atoms. The Bertz CT molecular complexity index is 1750. The molecule has 4 aromatic rings. The van der Waals surface area contributed by atoms with Crippen molar-refractivity contribution in [3.63, 3.8) is 0 Å². The van der Waals surface area contributed by atoms with Gasteiger partial charge in [-0.25, -0.2) is 14.8 Å². The molecule has 6 rings (SSSR count). The molecule has 2 atom stereocenters. The SMILES string of the molecule is CC1CCC(CN(C)C)N1Cc1ccc(NC(=O)Nc2cc(-c3ccc4nc(NC5CCNCC5)ncc4c3)n(C)n2)cc1C(F)(F)F. The minimum absolute atomic E-state index is 0.0441. The maximum absolute atomic E-state index is 14.2. The quantitative estimate of drug-likeness (QED) is 0.178. The van der Waals surface area contributed by atoms with E-state index in [1.54, 1.807) is 24.0 Å². The maximum atomic E-state index is 14.2. The third-order valence-corrected chi connectivity index (χ3v) is 9.22. The van der Waals surface area contributed by atoms with Gasteiger partial charge in [0.2, 0.25) is 5.95 Å². The molecule has 0 saturated carbocycles. The molecule has 0 spiro atoms. The molecule has 256 valence electrons. The van der Waals surface area contributed by atoms with Gasteiger partial charge in [-0.1, -0.05) is 12.1 Å². The molecule has 2 aliphatic heterocycles. The summed E-state index contributed by atoms with van der Waals surface area (Å²) in [6.07, 6.45) is 1.14. The molecular weight excluding hydrogens is 621 g/mol. The standard InChI is InChI=1S/C34H43F3N10O/c1-21-5-9-27(20-45(2)3)47(21)19-23-6-8-26(16-28(23)34(35,36)37)41-33(48)43-31-17-30(46(4)44-31)22-7-10-29-24(15-22)18-39-32(42-29)40-25-11-13-38-14-12-25/h6-8,10,15-18,21,25,27,38H,5,9,11-14,19-20H2,1-4H3,(H,39,40,42)(H2,41,43,44,48). The van der Waals surface area contributed by atoms with Crippen LogP contribution in [0.25, 0.3) is 22.2 Å². The van der Waals surface area contributed by atoms with Crippen LogP contribution in [0.15, 0.2) is 48.7 Å². The summed E-state index contributed by atoms with van der Waals surface area (Å²) in [5.74, 6) is 0.859. The number of anilines is 3. The van der Waals surface area contributed by atoms with Crippen LogP contribution in [0.1, 0.15) is 43.7 Å². The normalized spacial score (nSPS) is 19.2. The van der Waals surface area contributed by atoms with Crippen molar-refractivity contribution in [2.75, 3.05) is 49.7 Å². The number of nitrogens with zero attached hydrogens (tertiary/aromatic N) is 6. The van der Waals surface area contributed by atoms with Gasteiger partial charge in [-0.05, 0) is 89.6 Å². The van der Waals surface area contributed by atoms with Crippen LogP contribution in [0.3, 0.4) is 0 Å². The maximum Gasteiger partial charge on any atom is 0.416 e. The first-order chi connectivity index (χ1) is 22.9. The molecule has 14 heteroatoms. The van der Waals surface area contributed by atoms with Crippen LogP contribution >= 0.6 is 0 Å². The minimum atomic E-state index is -4.57. The van der Waals surface area contributed by atoms with Crippen LogP contribution in [-0.2, 0) is 19.8 Å². The van der Waals surface area contributed by atoms with Crippen LogP contribution in [0.4, 0.5) is 35.4 Å². The topological polar surface area (TPSA) is 115 Å². The number of benzene rings is 2. The molecule has 4 heterocycles. The highest BCUT2D eigenvalue weighted by Gasteiger charge is 2.37. The molecule has 2 aliphatic rings. The molecule has 2 aromatic carbocycles. The molecule has 2 unspecified atom stereocenters. The second kappa shape index (κ2) is 14.1. The Morgan fingerprint density at radius 1 is 1.04 bits per heavy atom. The highest BCUT2D eigenvalue weighted by atomic mass is 19.4. The number of likely N-dealkylation sites (N-methyl/N-ethyl adjacent to an activating group) is 1. The number of nitrogens with one attached hydrogen (secondary N) is 4. The summed E-state index contributed by atoms with van der Waals surface area (Å²) in [6, 6.07) is 11.5. The molecule has 0 radical (unpaired) electrons. The Balaban J connectivity index is 1.13. The van der Waals surface area contributed by atoms with Gasteiger partial charge < -0.3 is 20.9 Å². The van der Waals surface area contributed by atoms with Crippen molar-refractivity contribution >= 4 is 34.4 Å². The summed E-state index contributed by atoms with van der Waals surface area (Å²) in [7, 11) is 5.70. The lowest BCUT2D eigenvalue weighted by Crippen LogP contribution is -2.40. The van der Waals surface area contributed by atoms with Crippen LogP contribution < -0.4 is 21.3 Å². The van der Waals surface area contributed by atoms with Crippen molar-refractivity contribution in [2.24, 2.45) is 7.05 Å². The fraction of sp³-hybridized carbons (Fsp3) is 0.471. The number of alkyl halides is 3. The number of urea groups is 1. The van der Waals surface area contributed by atoms with Crippen LogP contribution in [0, 0.1) is 0 Å². The van der Waals surface area contributed by atoms with E-state index in [2.05, 4.69) is 53.1 Å². The molecule has 2 amide bonds. The largest absolute Gasteiger partial charge is 0.416 e. The molecule has 2 aromatic heterocycles. The number of hydrogen-bond acceptors (Lipinski definition) is 8. The number of amides is 2. The summed E-state index contributed by atoms with van der Waals surface area (Å²) in [5.41, 5.74) is 1.86. The Labute approximate surface area is 278 Å². The Hall–Kier alpha value is -4.27. The zero-order valence-electron chi connectivity index (χ0n) is 27.7. The van der Waals surface area contributed by atoms with E-state index in [0.29, 0.717) is 12.0 Å². The molecule has 4 N–H and O–H groups in total. The van der Waals surface area contributed by atoms with Crippen molar-refractivity contribution in [1.82, 2.24) is 34.9 Å². The van der Waals surface area contributed by atoms with E-state index in [0.717, 1.165) is 73.5 Å². The Morgan fingerprint density at radius 2 is 1.83 bits per heavy atom. The van der Waals surface area contributed by atoms with E-state index in [4.69, 9.17) is 0 Å². The first-order valence-electron chi connectivity index (χ1n) is 16.4. The zero-order valence-corrected chi connectivity index (χ0v) is 27.7. The monoisotopic (exact) mass is 664 g/mol. The van der Waals surface area contributed by atoms with Gasteiger partial charge in [0.25, 0.3) is 0 Å². The van der Waals surface area contributed by atoms with Crippen LogP contribution in [0.2, 0.25) is 0 Å². The first-order valence-corrected chi connectivity index (χ1v) is 16.4. The van der Waals surface area contributed by atoms with Gasteiger partial charge in [0.15, 0.2) is 5.82 Å². The number of hydrogen-bond donors (Lipinski definition) is 4. The highest BCUT2D eigenvalue weighted by molar-refractivity contribution is 5.99. The zero-order chi connectivity index (χ0) is 34.0. The number of aryl methyl sites for hydroxylation is 1. The number of fused-ring (bicyclic) bond motifs is 1. The van der Waals surface area contributed by atoms with E-state index >= 15 is 0 Å². The summed E-state index contributed by atoms with van der Waals surface area (Å²) < 4.78 is 44.3. The second-order valence-corrected chi connectivity index (χ2v) is 13.1. The van der Waals surface area contributed by atoms with Gasteiger partial charge >= 0.3 is 12.2 Å². The van der Waals surface area contributed by atoms with Crippen molar-refractivity contribution in [2.45, 2.75) is 63.5 Å². The fourth-order valence-corrected chi connectivity index (χ4v) is 6.77. The van der Waals surface area contributed by atoms with E-state index in [1.165, 1.54) is 12.1 Å². The lowest BCUT2D eigenvalue weighted by atomic mass is 10.0.